The molecule has 0 fully saturated rings. The van der Waals surface area contributed by atoms with Crippen LogP contribution in [0.1, 0.15) is 28.5 Å². The SMILES string of the molecule is CCNC(=NCc1ccnn1C)NCCNC(=O)c1ccc(C)c(F)c1.I. The molecule has 0 atom stereocenters. The van der Waals surface area contributed by atoms with Crippen molar-refractivity contribution in [3.8, 4) is 0 Å². The van der Waals surface area contributed by atoms with E-state index in [1.165, 1.54) is 6.07 Å². The molecule has 0 aliphatic rings. The number of rotatable bonds is 7. The highest BCUT2D eigenvalue weighted by molar-refractivity contribution is 14.0. The van der Waals surface area contributed by atoms with Crippen LogP contribution >= 0.6 is 24.0 Å². The van der Waals surface area contributed by atoms with Crippen molar-refractivity contribution in [2.45, 2.75) is 20.4 Å². The van der Waals surface area contributed by atoms with E-state index in [1.807, 2.05) is 20.0 Å². The van der Waals surface area contributed by atoms with Crippen molar-refractivity contribution in [3.05, 3.63) is 53.1 Å². The Balaban J connectivity index is 0.00000364. The minimum absolute atomic E-state index is 0. The predicted molar refractivity (Wildman–Crippen MR) is 115 cm³/mol. The van der Waals surface area contributed by atoms with Crippen LogP contribution in [-0.2, 0) is 13.6 Å². The van der Waals surface area contributed by atoms with Gasteiger partial charge in [-0.05, 0) is 37.6 Å². The monoisotopic (exact) mass is 488 g/mol. The first-order valence-electron chi connectivity index (χ1n) is 8.54. The van der Waals surface area contributed by atoms with Crippen LogP contribution in [-0.4, -0.2) is 41.3 Å². The maximum atomic E-state index is 13.5. The van der Waals surface area contributed by atoms with Crippen molar-refractivity contribution in [2.75, 3.05) is 19.6 Å². The fraction of sp³-hybridized carbons (Fsp3) is 0.389. The molecule has 2 rings (SSSR count). The molecule has 0 saturated carbocycles. The van der Waals surface area contributed by atoms with Gasteiger partial charge in [0.05, 0.1) is 12.2 Å². The van der Waals surface area contributed by atoms with Gasteiger partial charge in [0, 0.05) is 38.4 Å². The van der Waals surface area contributed by atoms with Gasteiger partial charge in [0.25, 0.3) is 5.91 Å². The van der Waals surface area contributed by atoms with E-state index in [9.17, 15) is 9.18 Å². The number of aryl methyl sites for hydroxylation is 2. The number of carbonyl (C=O) groups is 1. The van der Waals surface area contributed by atoms with Gasteiger partial charge in [-0.15, -0.1) is 24.0 Å². The van der Waals surface area contributed by atoms with Gasteiger partial charge in [-0.2, -0.15) is 5.10 Å². The van der Waals surface area contributed by atoms with Crippen LogP contribution in [0.15, 0.2) is 35.5 Å². The zero-order valence-electron chi connectivity index (χ0n) is 15.8. The van der Waals surface area contributed by atoms with E-state index in [0.29, 0.717) is 36.7 Å². The molecule has 7 nitrogen and oxygen atoms in total. The summed E-state index contributed by atoms with van der Waals surface area (Å²) in [6, 6.07) is 6.36. The number of hydrogen-bond acceptors (Lipinski definition) is 3. The summed E-state index contributed by atoms with van der Waals surface area (Å²) in [5.41, 5.74) is 1.82. The third kappa shape index (κ3) is 7.16. The highest BCUT2D eigenvalue weighted by Crippen LogP contribution is 2.08. The van der Waals surface area contributed by atoms with E-state index in [0.717, 1.165) is 12.2 Å². The van der Waals surface area contributed by atoms with Crippen LogP contribution in [0.25, 0.3) is 0 Å². The minimum atomic E-state index is -0.382. The van der Waals surface area contributed by atoms with Crippen molar-refractivity contribution in [1.29, 1.82) is 0 Å². The number of benzene rings is 1. The first-order valence-corrected chi connectivity index (χ1v) is 8.54. The lowest BCUT2D eigenvalue weighted by atomic mass is 10.1. The van der Waals surface area contributed by atoms with E-state index >= 15 is 0 Å². The van der Waals surface area contributed by atoms with Gasteiger partial charge in [0.1, 0.15) is 5.82 Å². The Bertz CT molecular complexity index is 777. The van der Waals surface area contributed by atoms with Crippen molar-refractivity contribution in [2.24, 2.45) is 12.0 Å². The normalized spacial score (nSPS) is 10.9. The summed E-state index contributed by atoms with van der Waals surface area (Å²) in [7, 11) is 1.87. The number of carbonyl (C=O) groups excluding carboxylic acids is 1. The number of halogens is 2. The summed E-state index contributed by atoms with van der Waals surface area (Å²) in [5.74, 6) is -0.0284. The number of hydrogen-bond donors (Lipinski definition) is 3. The summed E-state index contributed by atoms with van der Waals surface area (Å²) in [6.07, 6.45) is 1.73. The molecule has 0 aliphatic carbocycles. The van der Waals surface area contributed by atoms with Gasteiger partial charge in [-0.1, -0.05) is 6.07 Å². The van der Waals surface area contributed by atoms with Crippen molar-refractivity contribution >= 4 is 35.8 Å². The molecule has 1 heterocycles. The number of nitrogens with one attached hydrogen (secondary N) is 3. The lowest BCUT2D eigenvalue weighted by Gasteiger charge is -2.12. The average molecular weight is 488 g/mol. The second-order valence-electron chi connectivity index (χ2n) is 5.79. The maximum Gasteiger partial charge on any atom is 0.251 e. The Morgan fingerprint density at radius 3 is 2.59 bits per heavy atom. The summed E-state index contributed by atoms with van der Waals surface area (Å²) in [4.78, 5) is 16.5. The van der Waals surface area contributed by atoms with E-state index in [4.69, 9.17) is 0 Å². The third-order valence-electron chi connectivity index (χ3n) is 3.80. The Morgan fingerprint density at radius 1 is 1.22 bits per heavy atom. The van der Waals surface area contributed by atoms with Crippen LogP contribution in [0.4, 0.5) is 4.39 Å². The summed E-state index contributed by atoms with van der Waals surface area (Å²) in [6.45, 7) is 5.76. The van der Waals surface area contributed by atoms with Crippen LogP contribution in [0.2, 0.25) is 0 Å². The van der Waals surface area contributed by atoms with Crippen molar-refractivity contribution in [3.63, 3.8) is 0 Å². The molecule has 0 unspecified atom stereocenters. The lowest BCUT2D eigenvalue weighted by Crippen LogP contribution is -2.41. The van der Waals surface area contributed by atoms with E-state index in [-0.39, 0.29) is 35.7 Å². The van der Waals surface area contributed by atoms with Crippen molar-refractivity contribution in [1.82, 2.24) is 25.7 Å². The Kier molecular flexibility index (Phi) is 9.76. The maximum absolute atomic E-state index is 13.5. The molecular formula is C18H26FIN6O. The molecule has 148 valence electrons. The number of aliphatic imine (C=N–C) groups is 1. The van der Waals surface area contributed by atoms with Gasteiger partial charge >= 0.3 is 0 Å². The van der Waals surface area contributed by atoms with Crippen molar-refractivity contribution < 1.29 is 9.18 Å². The van der Waals surface area contributed by atoms with Gasteiger partial charge in [-0.3, -0.25) is 9.48 Å². The van der Waals surface area contributed by atoms with Crippen LogP contribution in [0.5, 0.6) is 0 Å². The fourth-order valence-electron chi connectivity index (χ4n) is 2.25. The van der Waals surface area contributed by atoms with Gasteiger partial charge in [0.2, 0.25) is 0 Å². The highest BCUT2D eigenvalue weighted by atomic mass is 127. The number of aromatic nitrogens is 2. The zero-order chi connectivity index (χ0) is 18.9. The Hall–Kier alpha value is -2.17. The van der Waals surface area contributed by atoms with Gasteiger partial charge in [-0.25, -0.2) is 9.38 Å². The smallest absolute Gasteiger partial charge is 0.251 e. The van der Waals surface area contributed by atoms with Crippen LogP contribution in [0, 0.1) is 12.7 Å². The quantitative estimate of drug-likeness (QED) is 0.241. The molecule has 27 heavy (non-hydrogen) atoms. The molecular weight excluding hydrogens is 462 g/mol. The summed E-state index contributed by atoms with van der Waals surface area (Å²) < 4.78 is 15.3. The largest absolute Gasteiger partial charge is 0.357 e. The molecule has 0 aliphatic heterocycles. The first-order chi connectivity index (χ1) is 12.5. The minimum Gasteiger partial charge on any atom is -0.357 e. The third-order valence-corrected chi connectivity index (χ3v) is 3.80. The second kappa shape index (κ2) is 11.5. The standard InChI is InChI=1S/C18H25FN6O.HI/c1-4-20-18(23-12-15-7-8-24-25(15)3)22-10-9-21-17(26)14-6-5-13(2)16(19)11-14;/h5-8,11H,4,9-10,12H2,1-3H3,(H,21,26)(H2,20,22,23);1H. The molecule has 1 aromatic heterocycles. The first kappa shape index (κ1) is 22.9. The average Bonchev–Trinajstić information content (AvgIpc) is 3.03. The summed E-state index contributed by atoms with van der Waals surface area (Å²) >= 11 is 0. The van der Waals surface area contributed by atoms with E-state index in [2.05, 4.69) is 26.0 Å². The van der Waals surface area contributed by atoms with Gasteiger partial charge in [0.15, 0.2) is 5.96 Å². The van der Waals surface area contributed by atoms with Crippen LogP contribution < -0.4 is 16.0 Å². The molecule has 0 saturated heterocycles. The molecule has 1 aromatic carbocycles. The summed E-state index contributed by atoms with van der Waals surface area (Å²) in [5, 5.41) is 13.2. The Labute approximate surface area is 175 Å². The highest BCUT2D eigenvalue weighted by Gasteiger charge is 2.07. The molecule has 9 heteroatoms. The second-order valence-corrected chi connectivity index (χ2v) is 5.79. The number of amides is 1. The van der Waals surface area contributed by atoms with Crippen LogP contribution in [0.3, 0.4) is 0 Å². The molecule has 3 N–H and O–H groups in total. The molecule has 0 bridgehead atoms. The van der Waals surface area contributed by atoms with Gasteiger partial charge < -0.3 is 16.0 Å². The number of guanidine groups is 1. The van der Waals surface area contributed by atoms with E-state index < -0.39 is 0 Å². The van der Waals surface area contributed by atoms with E-state index in [1.54, 1.807) is 29.9 Å². The number of nitrogens with zero attached hydrogens (tertiary/aromatic N) is 3. The fourth-order valence-corrected chi connectivity index (χ4v) is 2.25. The molecule has 2 aromatic rings. The predicted octanol–water partition coefficient (Wildman–Crippen LogP) is 1.97. The molecule has 0 spiro atoms. The molecule has 1 amide bonds. The zero-order valence-corrected chi connectivity index (χ0v) is 18.1. The topological polar surface area (TPSA) is 83.3 Å². The lowest BCUT2D eigenvalue weighted by molar-refractivity contribution is 0.0954. The molecule has 0 radical (unpaired) electrons. The Morgan fingerprint density at radius 2 is 1.96 bits per heavy atom.